The molecule has 0 heterocycles. The Bertz CT molecular complexity index is 327. The number of halogens is 3. The van der Waals surface area contributed by atoms with Gasteiger partial charge in [0.25, 0.3) is 0 Å². The molecule has 1 aliphatic rings. The molecule has 0 amide bonds. The van der Waals surface area contributed by atoms with E-state index in [1.165, 1.54) is 0 Å². The fourth-order valence-corrected chi connectivity index (χ4v) is 47.4. The van der Waals surface area contributed by atoms with E-state index in [1.807, 2.05) is 0 Å². The van der Waals surface area contributed by atoms with Crippen LogP contribution in [0.25, 0.3) is 0 Å². The first-order chi connectivity index (χ1) is 6.93. The summed E-state index contributed by atoms with van der Waals surface area (Å²) >= 11 is 2.81. The zero-order valence-electron chi connectivity index (χ0n) is 12.9. The summed E-state index contributed by atoms with van der Waals surface area (Å²) in [6.45, 7) is 17.8. The zero-order chi connectivity index (χ0) is 12.8. The molecule has 0 N–H and O–H groups in total. The van der Waals surface area contributed by atoms with Gasteiger partial charge in [-0.3, -0.25) is 0 Å². The van der Waals surface area contributed by atoms with Crippen LogP contribution in [-0.2, 0) is 17.4 Å². The number of rotatable bonds is 3. The number of allylic oxidation sites excluding steroid dienone is 4. The molecule has 0 radical (unpaired) electrons. The Balaban J connectivity index is -0.000000853. The van der Waals surface area contributed by atoms with Crippen molar-refractivity contribution in [3.8, 4) is 0 Å². The van der Waals surface area contributed by atoms with Gasteiger partial charge < -0.3 is 37.2 Å². The monoisotopic (exact) mass is 409 g/mol. The van der Waals surface area contributed by atoms with E-state index in [9.17, 15) is 0 Å². The maximum absolute atomic E-state index is 2.81. The molecule has 0 aromatic heterocycles. The van der Waals surface area contributed by atoms with Crippen molar-refractivity contribution in [2.24, 2.45) is 0 Å². The van der Waals surface area contributed by atoms with Crippen LogP contribution in [0, 0.1) is 0 Å². The molecule has 1 unspecified atom stereocenters. The summed E-state index contributed by atoms with van der Waals surface area (Å²) in [7, 11) is -2.65. The smallest absolute Gasteiger partial charge is 1.00 e. The number of hydrogen-bond acceptors (Lipinski definition) is 0. The van der Waals surface area contributed by atoms with Crippen LogP contribution in [0.2, 0.25) is 43.4 Å². The van der Waals surface area contributed by atoms with Crippen LogP contribution in [0.4, 0.5) is 0 Å². The van der Waals surface area contributed by atoms with Crippen molar-refractivity contribution in [1.82, 2.24) is 0 Å². The van der Waals surface area contributed by atoms with E-state index in [0.717, 1.165) is 0 Å². The minimum Gasteiger partial charge on any atom is -1.00 e. The molecular formula is C12H25Cl3Si3V. The molecule has 0 aromatic rings. The predicted octanol–water partition coefficient (Wildman–Crippen LogP) is -5.18. The van der Waals surface area contributed by atoms with Crippen molar-refractivity contribution in [3.63, 3.8) is 0 Å². The van der Waals surface area contributed by atoms with E-state index < -0.39 is 23.0 Å². The van der Waals surface area contributed by atoms with Crippen LogP contribution in [0.15, 0.2) is 23.4 Å². The van der Waals surface area contributed by atoms with E-state index in [4.69, 9.17) is 0 Å². The predicted molar refractivity (Wildman–Crippen MR) is 79.4 cm³/mol. The standard InChI is InChI=1S/C12H25Si3.3ClH.V/c1-11-8-9-12(10-11)13(14(2,3)4)15(5,6)7;;;;/h8-10,13H,1-7H3;3*1H;/q;;;;+3/p-3. The SMILES string of the molecule is C[C]1([V+3])C=CC([SiH]([Si](C)(C)C)[Si](C)(C)C)=C1.[Cl-].[Cl-].[Cl-]. The second kappa shape index (κ2) is 8.28. The van der Waals surface area contributed by atoms with Gasteiger partial charge in [0.1, 0.15) is 0 Å². The summed E-state index contributed by atoms with van der Waals surface area (Å²) in [6, 6.07) is 0. The largest absolute Gasteiger partial charge is 1.00 e. The van der Waals surface area contributed by atoms with Gasteiger partial charge in [0.05, 0.1) is 0 Å². The van der Waals surface area contributed by atoms with Crippen LogP contribution >= 0.6 is 0 Å². The molecule has 0 bridgehead atoms. The third kappa shape index (κ3) is 7.41. The van der Waals surface area contributed by atoms with E-state index in [1.54, 1.807) is 5.20 Å². The summed E-state index contributed by atoms with van der Waals surface area (Å²) in [5.41, 5.74) is 0. The van der Waals surface area contributed by atoms with Crippen LogP contribution in [0.1, 0.15) is 6.92 Å². The summed E-state index contributed by atoms with van der Waals surface area (Å²) < 4.78 is 0.257. The van der Waals surface area contributed by atoms with E-state index in [2.05, 4.69) is 81.9 Å². The van der Waals surface area contributed by atoms with Gasteiger partial charge in [0, 0.05) is 0 Å². The summed E-state index contributed by atoms with van der Waals surface area (Å²) in [5.74, 6) is 0. The first-order valence-corrected chi connectivity index (χ1v) is 18.0. The Hall–Kier alpha value is 1.59. The first kappa shape index (κ1) is 25.5. The summed E-state index contributed by atoms with van der Waals surface area (Å²) in [4.78, 5) is 0. The molecule has 0 nitrogen and oxygen atoms in total. The van der Waals surface area contributed by atoms with Crippen LogP contribution in [0.5, 0.6) is 0 Å². The van der Waals surface area contributed by atoms with Gasteiger partial charge in [-0.25, -0.2) is 0 Å². The van der Waals surface area contributed by atoms with E-state index in [0.29, 0.717) is 0 Å². The van der Waals surface area contributed by atoms with E-state index in [-0.39, 0.29) is 41.3 Å². The molecule has 0 fully saturated rings. The van der Waals surface area contributed by atoms with Gasteiger partial charge in [-0.1, -0.05) is 0 Å². The molecule has 1 atom stereocenters. The molecular weight excluding hydrogens is 386 g/mol. The number of hydrogen-bond donors (Lipinski definition) is 0. The van der Waals surface area contributed by atoms with Crippen LogP contribution < -0.4 is 37.2 Å². The Morgan fingerprint density at radius 3 is 1.53 bits per heavy atom. The van der Waals surface area contributed by atoms with Crippen molar-refractivity contribution < 1.29 is 54.6 Å². The van der Waals surface area contributed by atoms with Crippen molar-refractivity contribution in [1.29, 1.82) is 0 Å². The third-order valence-electron chi connectivity index (χ3n) is 3.14. The molecule has 0 aliphatic heterocycles. The van der Waals surface area contributed by atoms with E-state index >= 15 is 0 Å². The van der Waals surface area contributed by atoms with Crippen molar-refractivity contribution in [2.45, 2.75) is 50.3 Å². The molecule has 0 aromatic carbocycles. The summed E-state index contributed by atoms with van der Waals surface area (Å²) in [6.07, 6.45) is 7.37. The van der Waals surface area contributed by atoms with Crippen molar-refractivity contribution in [2.75, 3.05) is 0 Å². The fraction of sp³-hybridized carbons (Fsp3) is 0.667. The van der Waals surface area contributed by atoms with Gasteiger partial charge in [0.2, 0.25) is 0 Å². The zero-order valence-corrected chi connectivity index (χ0v) is 19.7. The van der Waals surface area contributed by atoms with Crippen molar-refractivity contribution in [3.05, 3.63) is 23.4 Å². The van der Waals surface area contributed by atoms with Gasteiger partial charge >= 0.3 is 114 Å². The van der Waals surface area contributed by atoms with Gasteiger partial charge in [0.15, 0.2) is 0 Å². The quantitative estimate of drug-likeness (QED) is 0.408. The fourth-order valence-electron chi connectivity index (χ4n) is 3.18. The first-order valence-electron chi connectivity index (χ1n) is 6.08. The topological polar surface area (TPSA) is 0 Å². The molecule has 19 heavy (non-hydrogen) atoms. The Labute approximate surface area is 150 Å². The second-order valence-electron chi connectivity index (χ2n) is 7.37. The maximum atomic E-state index is 2.81. The van der Waals surface area contributed by atoms with Crippen LogP contribution in [-0.4, -0.2) is 23.0 Å². The Kier molecular flexibility index (Phi) is 11.1. The Morgan fingerprint density at radius 2 is 1.32 bits per heavy atom. The Morgan fingerprint density at radius 1 is 0.947 bits per heavy atom. The third-order valence-corrected chi connectivity index (χ3v) is 36.0. The van der Waals surface area contributed by atoms with Gasteiger partial charge in [-0.2, -0.15) is 0 Å². The average Bonchev–Trinajstić information content (AvgIpc) is 2.23. The molecule has 1 aliphatic carbocycles. The second-order valence-corrected chi connectivity index (χ2v) is 35.5. The summed E-state index contributed by atoms with van der Waals surface area (Å²) in [5, 5.41) is 1.77. The minimum absolute atomic E-state index is 0. The molecule has 0 saturated carbocycles. The molecule has 7 heteroatoms. The average molecular weight is 411 g/mol. The van der Waals surface area contributed by atoms with Gasteiger partial charge in [-0.05, 0) is 0 Å². The van der Waals surface area contributed by atoms with Crippen LogP contribution in [0.3, 0.4) is 0 Å². The van der Waals surface area contributed by atoms with Gasteiger partial charge in [-0.15, -0.1) is 0 Å². The minimum atomic E-state index is -0.975. The maximum Gasteiger partial charge on any atom is -1.00 e. The van der Waals surface area contributed by atoms with Crippen molar-refractivity contribution >= 4 is 23.0 Å². The molecule has 1 rings (SSSR count). The molecule has 0 spiro atoms. The molecule has 111 valence electrons. The molecule has 0 saturated heterocycles. The normalized spacial score (nSPS) is 22.3.